The molecule has 1 amide bonds. The number of amides is 1. The van der Waals surface area contributed by atoms with Crippen molar-refractivity contribution in [1.29, 1.82) is 0 Å². The van der Waals surface area contributed by atoms with E-state index < -0.39 is 0 Å². The van der Waals surface area contributed by atoms with Crippen molar-refractivity contribution >= 4 is 11.6 Å². The third-order valence-electron chi connectivity index (χ3n) is 4.03. The molecule has 23 heavy (non-hydrogen) atoms. The Morgan fingerprint density at radius 1 is 1.09 bits per heavy atom. The minimum atomic E-state index is -0.256. The number of carbonyl (C=O) groups is 1. The molecule has 0 radical (unpaired) electrons. The largest absolute Gasteiger partial charge is 0.369 e. The fraction of sp³-hybridized carbons (Fsp3) is 0.353. The molecule has 0 unspecified atom stereocenters. The van der Waals surface area contributed by atoms with Crippen LogP contribution in [0.4, 0.5) is 5.69 Å². The number of anilines is 1. The molecule has 1 fully saturated rings. The second-order valence-corrected chi connectivity index (χ2v) is 5.71. The zero-order valence-electron chi connectivity index (χ0n) is 13.3. The molecule has 0 saturated carbocycles. The maximum absolute atomic E-state index is 11.9. The second kappa shape index (κ2) is 7.19. The van der Waals surface area contributed by atoms with Crippen molar-refractivity contribution in [3.8, 4) is 0 Å². The fourth-order valence-corrected chi connectivity index (χ4v) is 2.57. The highest BCUT2D eigenvalue weighted by atomic mass is 16.2. The minimum Gasteiger partial charge on any atom is -0.369 e. The molecule has 1 aromatic heterocycles. The summed E-state index contributed by atoms with van der Waals surface area (Å²) in [6.45, 7) is 4.76. The van der Waals surface area contributed by atoms with Crippen LogP contribution in [0, 0.1) is 0 Å². The van der Waals surface area contributed by atoms with Crippen molar-refractivity contribution in [1.82, 2.24) is 20.2 Å². The zero-order chi connectivity index (χ0) is 16.1. The first-order valence-corrected chi connectivity index (χ1v) is 7.80. The van der Waals surface area contributed by atoms with Crippen molar-refractivity contribution in [3.05, 3.63) is 54.1 Å². The van der Waals surface area contributed by atoms with Gasteiger partial charge in [0.1, 0.15) is 0 Å². The van der Waals surface area contributed by atoms with Crippen LogP contribution in [0.5, 0.6) is 0 Å². The summed E-state index contributed by atoms with van der Waals surface area (Å²) in [5.74, 6) is -0.0599. The molecule has 1 saturated heterocycles. The van der Waals surface area contributed by atoms with Gasteiger partial charge < -0.3 is 15.1 Å². The van der Waals surface area contributed by atoms with Gasteiger partial charge in [0.25, 0.3) is 5.91 Å². The molecule has 0 aliphatic carbocycles. The van der Waals surface area contributed by atoms with Gasteiger partial charge in [-0.25, -0.2) is 9.97 Å². The van der Waals surface area contributed by atoms with Crippen LogP contribution in [0.25, 0.3) is 0 Å². The van der Waals surface area contributed by atoms with Crippen LogP contribution in [0.15, 0.2) is 42.7 Å². The summed E-state index contributed by atoms with van der Waals surface area (Å²) in [6.07, 6.45) is 3.12. The van der Waals surface area contributed by atoms with Gasteiger partial charge in [0.2, 0.25) is 5.82 Å². The molecule has 6 heteroatoms. The highest BCUT2D eigenvalue weighted by molar-refractivity contribution is 5.90. The number of hydrogen-bond donors (Lipinski definition) is 1. The van der Waals surface area contributed by atoms with Crippen LogP contribution in [0.2, 0.25) is 0 Å². The average molecular weight is 311 g/mol. The van der Waals surface area contributed by atoms with Crippen LogP contribution < -0.4 is 10.2 Å². The quantitative estimate of drug-likeness (QED) is 0.918. The van der Waals surface area contributed by atoms with Gasteiger partial charge in [0.05, 0.1) is 0 Å². The number of rotatable bonds is 4. The molecule has 6 nitrogen and oxygen atoms in total. The fourth-order valence-electron chi connectivity index (χ4n) is 2.57. The first kappa shape index (κ1) is 15.4. The van der Waals surface area contributed by atoms with Gasteiger partial charge in [0, 0.05) is 50.8 Å². The van der Waals surface area contributed by atoms with Crippen LogP contribution >= 0.6 is 0 Å². The number of likely N-dealkylation sites (N-methyl/N-ethyl adjacent to an activating group) is 1. The third kappa shape index (κ3) is 4.04. The molecular formula is C17H21N5O. The Kier molecular flexibility index (Phi) is 4.83. The Bertz CT molecular complexity index is 636. The summed E-state index contributed by atoms with van der Waals surface area (Å²) < 4.78 is 0. The normalized spacial score (nSPS) is 15.4. The van der Waals surface area contributed by atoms with E-state index in [9.17, 15) is 4.79 Å². The Morgan fingerprint density at radius 2 is 1.74 bits per heavy atom. The molecule has 2 heterocycles. The Labute approximate surface area is 136 Å². The Hall–Kier alpha value is -2.47. The average Bonchev–Trinajstić information content (AvgIpc) is 2.61. The summed E-state index contributed by atoms with van der Waals surface area (Å²) in [5.41, 5.74) is 2.30. The van der Waals surface area contributed by atoms with Gasteiger partial charge in [0.15, 0.2) is 0 Å². The van der Waals surface area contributed by atoms with Gasteiger partial charge in [-0.2, -0.15) is 0 Å². The summed E-state index contributed by atoms with van der Waals surface area (Å²) in [6, 6.07) is 10.0. The lowest BCUT2D eigenvalue weighted by Gasteiger charge is -2.34. The molecule has 0 spiro atoms. The lowest BCUT2D eigenvalue weighted by Crippen LogP contribution is -2.44. The standard InChI is InChI=1S/C17H21N5O/c1-21-9-11-22(12-10-21)15-5-3-14(4-6-15)13-20-17(23)16-18-7-2-8-19-16/h2-8H,9-13H2,1H3,(H,20,23). The first-order chi connectivity index (χ1) is 11.2. The van der Waals surface area contributed by atoms with E-state index in [1.165, 1.54) is 5.69 Å². The van der Waals surface area contributed by atoms with E-state index in [-0.39, 0.29) is 11.7 Å². The Balaban J connectivity index is 1.54. The first-order valence-electron chi connectivity index (χ1n) is 7.80. The highest BCUT2D eigenvalue weighted by Gasteiger charge is 2.14. The molecule has 1 N–H and O–H groups in total. The number of nitrogens with zero attached hydrogens (tertiary/aromatic N) is 4. The van der Waals surface area contributed by atoms with Gasteiger partial charge >= 0.3 is 0 Å². The summed E-state index contributed by atoms with van der Waals surface area (Å²) in [7, 11) is 2.15. The summed E-state index contributed by atoms with van der Waals surface area (Å²) >= 11 is 0. The molecule has 0 atom stereocenters. The van der Waals surface area contributed by atoms with E-state index >= 15 is 0 Å². The van der Waals surface area contributed by atoms with E-state index in [0.717, 1.165) is 31.7 Å². The van der Waals surface area contributed by atoms with E-state index in [1.807, 2.05) is 0 Å². The molecule has 120 valence electrons. The van der Waals surface area contributed by atoms with E-state index in [0.29, 0.717) is 6.54 Å². The summed E-state index contributed by atoms with van der Waals surface area (Å²) in [4.78, 5) is 24.5. The molecule has 1 aliphatic rings. The lowest BCUT2D eigenvalue weighted by atomic mass is 10.1. The molecule has 1 aliphatic heterocycles. The van der Waals surface area contributed by atoms with Crippen LogP contribution in [0.1, 0.15) is 16.2 Å². The maximum atomic E-state index is 11.9. The van der Waals surface area contributed by atoms with Crippen LogP contribution in [-0.4, -0.2) is 54.0 Å². The third-order valence-corrected chi connectivity index (χ3v) is 4.03. The molecule has 0 bridgehead atoms. The van der Waals surface area contributed by atoms with Crippen molar-refractivity contribution in [2.75, 3.05) is 38.1 Å². The maximum Gasteiger partial charge on any atom is 0.289 e. The van der Waals surface area contributed by atoms with Crippen LogP contribution in [0.3, 0.4) is 0 Å². The number of nitrogens with one attached hydrogen (secondary N) is 1. The van der Waals surface area contributed by atoms with E-state index in [2.05, 4.69) is 56.4 Å². The van der Waals surface area contributed by atoms with Crippen molar-refractivity contribution in [2.45, 2.75) is 6.54 Å². The van der Waals surface area contributed by atoms with E-state index in [4.69, 9.17) is 0 Å². The van der Waals surface area contributed by atoms with Crippen LogP contribution in [-0.2, 0) is 6.54 Å². The van der Waals surface area contributed by atoms with Gasteiger partial charge in [-0.3, -0.25) is 4.79 Å². The van der Waals surface area contributed by atoms with Gasteiger partial charge in [-0.1, -0.05) is 12.1 Å². The van der Waals surface area contributed by atoms with Crippen molar-refractivity contribution in [3.63, 3.8) is 0 Å². The predicted molar refractivity (Wildman–Crippen MR) is 89.4 cm³/mol. The smallest absolute Gasteiger partial charge is 0.289 e. The molecular weight excluding hydrogens is 290 g/mol. The second-order valence-electron chi connectivity index (χ2n) is 5.71. The molecule has 2 aromatic rings. The van der Waals surface area contributed by atoms with Gasteiger partial charge in [-0.15, -0.1) is 0 Å². The zero-order valence-corrected chi connectivity index (χ0v) is 13.3. The Morgan fingerprint density at radius 3 is 2.39 bits per heavy atom. The highest BCUT2D eigenvalue weighted by Crippen LogP contribution is 2.17. The number of benzene rings is 1. The summed E-state index contributed by atoms with van der Waals surface area (Å²) in [5, 5.41) is 2.84. The number of aromatic nitrogens is 2. The van der Waals surface area contributed by atoms with Gasteiger partial charge in [-0.05, 0) is 30.8 Å². The topological polar surface area (TPSA) is 61.4 Å². The minimum absolute atomic E-state index is 0.196. The van der Waals surface area contributed by atoms with E-state index in [1.54, 1.807) is 18.5 Å². The van der Waals surface area contributed by atoms with Crippen molar-refractivity contribution < 1.29 is 4.79 Å². The SMILES string of the molecule is CN1CCN(c2ccc(CNC(=O)c3ncccn3)cc2)CC1. The number of hydrogen-bond acceptors (Lipinski definition) is 5. The lowest BCUT2D eigenvalue weighted by molar-refractivity contribution is 0.0940. The molecule has 3 rings (SSSR count). The predicted octanol–water partition coefficient (Wildman–Crippen LogP) is 1.16. The number of carbonyl (C=O) groups excluding carboxylic acids is 1. The monoisotopic (exact) mass is 311 g/mol. The van der Waals surface area contributed by atoms with Crippen molar-refractivity contribution in [2.24, 2.45) is 0 Å². The molecule has 1 aromatic carbocycles. The number of piperazine rings is 1.